The summed E-state index contributed by atoms with van der Waals surface area (Å²) in [4.78, 5) is 5.47. The summed E-state index contributed by atoms with van der Waals surface area (Å²) < 4.78 is 2.84. The van der Waals surface area contributed by atoms with Crippen LogP contribution in [0.1, 0.15) is 5.56 Å². The minimum Gasteiger partial charge on any atom is -0.409 e. The minimum atomic E-state index is 0.0751. The van der Waals surface area contributed by atoms with E-state index in [0.29, 0.717) is 5.56 Å². The van der Waals surface area contributed by atoms with Gasteiger partial charge in [0.15, 0.2) is 10.2 Å². The third-order valence-electron chi connectivity index (χ3n) is 2.81. The highest BCUT2D eigenvalue weighted by atomic mass is 79.9. The maximum absolute atomic E-state index is 8.94. The van der Waals surface area contributed by atoms with Gasteiger partial charge in [0.1, 0.15) is 0 Å². The van der Waals surface area contributed by atoms with Crippen LogP contribution in [0.5, 0.6) is 0 Å². The van der Waals surface area contributed by atoms with Crippen molar-refractivity contribution >= 4 is 55.1 Å². The molecule has 0 spiro atoms. The lowest BCUT2D eigenvalue weighted by Crippen LogP contribution is -2.15. The van der Waals surface area contributed by atoms with Crippen LogP contribution in [0.3, 0.4) is 0 Å². The van der Waals surface area contributed by atoms with Crippen molar-refractivity contribution in [3.05, 3.63) is 52.5 Å². The van der Waals surface area contributed by atoms with Gasteiger partial charge in [0, 0.05) is 14.9 Å². The van der Waals surface area contributed by atoms with Gasteiger partial charge in [-0.2, -0.15) is 0 Å². The van der Waals surface area contributed by atoms with Crippen LogP contribution in [0.4, 0.5) is 0 Å². The summed E-state index contributed by atoms with van der Waals surface area (Å²) in [6.45, 7) is 0. The average molecular weight is 380 g/mol. The number of para-hydroxylation sites is 1. The van der Waals surface area contributed by atoms with Crippen LogP contribution in [-0.4, -0.2) is 16.0 Å². The predicted octanol–water partition coefficient (Wildman–Crippen LogP) is 4.30. The molecule has 0 aliphatic carbocycles. The van der Waals surface area contributed by atoms with Gasteiger partial charge < -0.3 is 10.9 Å². The zero-order valence-corrected chi connectivity index (χ0v) is 13.9. The summed E-state index contributed by atoms with van der Waals surface area (Å²) in [5.74, 6) is 0.0751. The van der Waals surface area contributed by atoms with Gasteiger partial charge in [-0.05, 0) is 40.2 Å². The highest BCUT2D eigenvalue weighted by Gasteiger charge is 2.14. The molecule has 3 aromatic rings. The topological polar surface area (TPSA) is 71.5 Å². The molecule has 0 amide bonds. The molecule has 106 valence electrons. The molecule has 0 unspecified atom stereocenters. The van der Waals surface area contributed by atoms with E-state index in [2.05, 4.69) is 26.1 Å². The fraction of sp³-hybridized carbons (Fsp3) is 0. The molecule has 0 fully saturated rings. The van der Waals surface area contributed by atoms with Crippen molar-refractivity contribution in [3.8, 4) is 0 Å². The number of fused-ring (bicyclic) bond motifs is 1. The molecule has 0 radical (unpaired) electrons. The first kappa shape index (κ1) is 14.4. The third-order valence-corrected chi connectivity index (χ3v) is 5.63. The van der Waals surface area contributed by atoms with Crippen molar-refractivity contribution in [3.63, 3.8) is 0 Å². The number of benzene rings is 2. The number of halogens is 1. The molecule has 1 heterocycles. The van der Waals surface area contributed by atoms with Gasteiger partial charge >= 0.3 is 0 Å². The Morgan fingerprint density at radius 2 is 2.05 bits per heavy atom. The molecule has 3 N–H and O–H groups in total. The summed E-state index contributed by atoms with van der Waals surface area (Å²) in [7, 11) is 0. The molecule has 0 aliphatic rings. The lowest BCUT2D eigenvalue weighted by atomic mass is 10.2. The van der Waals surface area contributed by atoms with Crippen LogP contribution < -0.4 is 5.73 Å². The number of nitrogens with zero attached hydrogens (tertiary/aromatic N) is 2. The summed E-state index contributed by atoms with van der Waals surface area (Å²) in [6.07, 6.45) is 0. The van der Waals surface area contributed by atoms with E-state index in [0.717, 1.165) is 23.9 Å². The van der Waals surface area contributed by atoms with Crippen molar-refractivity contribution < 1.29 is 5.21 Å². The zero-order chi connectivity index (χ0) is 14.8. The van der Waals surface area contributed by atoms with E-state index in [1.165, 1.54) is 11.8 Å². The first-order valence-corrected chi connectivity index (χ1v) is 8.41. The fourth-order valence-electron chi connectivity index (χ4n) is 1.88. The first-order valence-electron chi connectivity index (χ1n) is 5.99. The standard InChI is InChI=1S/C14H10BrN3OS2/c15-8-4-3-7-11(12(8)13(16)18-19)21-14-17-9-5-1-2-6-10(9)20-14/h1-7,19H,(H2,16,18). The first-order chi connectivity index (χ1) is 10.2. The fourth-order valence-corrected chi connectivity index (χ4v) is 4.77. The number of thiazole rings is 1. The van der Waals surface area contributed by atoms with Gasteiger partial charge in [-0.1, -0.05) is 35.1 Å². The summed E-state index contributed by atoms with van der Waals surface area (Å²) in [5.41, 5.74) is 7.41. The van der Waals surface area contributed by atoms with Crippen molar-refractivity contribution in [2.75, 3.05) is 0 Å². The maximum Gasteiger partial charge on any atom is 0.172 e. The quantitative estimate of drug-likeness (QED) is 0.308. The molecule has 0 atom stereocenters. The Labute approximate surface area is 137 Å². The molecule has 0 saturated heterocycles. The Balaban J connectivity index is 2.03. The molecule has 1 aromatic heterocycles. The number of hydrogen-bond donors (Lipinski definition) is 2. The molecule has 0 aliphatic heterocycles. The van der Waals surface area contributed by atoms with Crippen molar-refractivity contribution in [1.82, 2.24) is 4.98 Å². The van der Waals surface area contributed by atoms with E-state index in [9.17, 15) is 0 Å². The van der Waals surface area contributed by atoms with Gasteiger partial charge in [0.05, 0.1) is 10.2 Å². The van der Waals surface area contributed by atoms with Crippen LogP contribution in [0.25, 0.3) is 10.2 Å². The Bertz CT molecular complexity index is 799. The highest BCUT2D eigenvalue weighted by Crippen LogP contribution is 2.37. The van der Waals surface area contributed by atoms with Crippen LogP contribution in [-0.2, 0) is 0 Å². The van der Waals surface area contributed by atoms with Crippen molar-refractivity contribution in [2.24, 2.45) is 10.9 Å². The Morgan fingerprint density at radius 3 is 2.81 bits per heavy atom. The Kier molecular flexibility index (Phi) is 4.14. The second kappa shape index (κ2) is 6.05. The van der Waals surface area contributed by atoms with E-state index in [1.54, 1.807) is 11.3 Å². The van der Waals surface area contributed by atoms with Gasteiger partial charge in [0.25, 0.3) is 0 Å². The minimum absolute atomic E-state index is 0.0751. The lowest BCUT2D eigenvalue weighted by Gasteiger charge is -2.08. The largest absolute Gasteiger partial charge is 0.409 e. The van der Waals surface area contributed by atoms with E-state index < -0.39 is 0 Å². The van der Waals surface area contributed by atoms with Crippen LogP contribution >= 0.6 is 39.0 Å². The molecule has 7 heteroatoms. The van der Waals surface area contributed by atoms with E-state index in [4.69, 9.17) is 10.9 Å². The molecular formula is C14H10BrN3OS2. The average Bonchev–Trinajstić information content (AvgIpc) is 2.89. The number of rotatable bonds is 3. The second-order valence-corrected chi connectivity index (χ2v) is 7.32. The smallest absolute Gasteiger partial charge is 0.172 e. The summed E-state index contributed by atoms with van der Waals surface area (Å²) >= 11 is 6.56. The SMILES string of the molecule is N/C(=N/O)c1c(Br)cccc1Sc1nc2ccccc2s1. The summed E-state index contributed by atoms with van der Waals surface area (Å²) in [6, 6.07) is 13.7. The monoisotopic (exact) mass is 379 g/mol. The number of aromatic nitrogens is 1. The van der Waals surface area contributed by atoms with Gasteiger partial charge in [-0.25, -0.2) is 4.98 Å². The number of hydrogen-bond acceptors (Lipinski definition) is 5. The molecular weight excluding hydrogens is 370 g/mol. The van der Waals surface area contributed by atoms with Gasteiger partial charge in [-0.3, -0.25) is 0 Å². The van der Waals surface area contributed by atoms with E-state index >= 15 is 0 Å². The molecule has 21 heavy (non-hydrogen) atoms. The predicted molar refractivity (Wildman–Crippen MR) is 90.4 cm³/mol. The Morgan fingerprint density at radius 1 is 1.24 bits per heavy atom. The van der Waals surface area contributed by atoms with Crippen LogP contribution in [0.2, 0.25) is 0 Å². The Hall–Kier alpha value is -1.57. The van der Waals surface area contributed by atoms with Crippen LogP contribution in [0.15, 0.2) is 61.3 Å². The molecule has 2 aromatic carbocycles. The van der Waals surface area contributed by atoms with E-state index in [-0.39, 0.29) is 5.84 Å². The maximum atomic E-state index is 8.94. The number of amidine groups is 1. The van der Waals surface area contributed by atoms with Gasteiger partial charge in [-0.15, -0.1) is 11.3 Å². The zero-order valence-electron chi connectivity index (χ0n) is 10.7. The van der Waals surface area contributed by atoms with E-state index in [1.807, 2.05) is 42.5 Å². The van der Waals surface area contributed by atoms with Crippen molar-refractivity contribution in [1.29, 1.82) is 0 Å². The number of nitrogens with two attached hydrogens (primary N) is 1. The lowest BCUT2D eigenvalue weighted by molar-refractivity contribution is 0.318. The van der Waals surface area contributed by atoms with Crippen molar-refractivity contribution in [2.45, 2.75) is 9.24 Å². The second-order valence-electron chi connectivity index (χ2n) is 4.15. The third kappa shape index (κ3) is 2.90. The normalized spacial score (nSPS) is 12.0. The molecule has 3 rings (SSSR count). The van der Waals surface area contributed by atoms with Crippen LogP contribution in [0, 0.1) is 0 Å². The molecule has 4 nitrogen and oxygen atoms in total. The highest BCUT2D eigenvalue weighted by molar-refractivity contribution is 9.10. The molecule has 0 bridgehead atoms. The number of oxime groups is 1. The summed E-state index contributed by atoms with van der Waals surface area (Å²) in [5, 5.41) is 12.0. The molecule has 0 saturated carbocycles. The van der Waals surface area contributed by atoms with Gasteiger partial charge in [0.2, 0.25) is 0 Å².